The molecular weight excluding hydrogens is 233 g/mol. The average molecular weight is 246 g/mol. The minimum Gasteiger partial charge on any atom is -0.328 e. The van der Waals surface area contributed by atoms with Gasteiger partial charge in [-0.05, 0) is 13.3 Å². The molecule has 0 aliphatic carbocycles. The molecule has 0 saturated heterocycles. The molecule has 1 atom stereocenters. The number of carbonyl (C=O) groups excluding carboxylic acids is 1. The summed E-state index contributed by atoms with van der Waals surface area (Å²) in [4.78, 5) is 11.3. The number of nitrogens with one attached hydrogen (secondary N) is 1. The Hall–Kier alpha value is -1.56. The van der Waals surface area contributed by atoms with Gasteiger partial charge in [-0.1, -0.05) is 0 Å². The summed E-state index contributed by atoms with van der Waals surface area (Å²) in [6, 6.07) is 1.31. The van der Waals surface area contributed by atoms with E-state index in [0.29, 0.717) is 6.42 Å². The molecule has 0 saturated carbocycles. The third-order valence-electron chi connectivity index (χ3n) is 2.09. The normalized spacial score (nSPS) is 12.3. The van der Waals surface area contributed by atoms with Gasteiger partial charge in [0.25, 0.3) is 0 Å². The van der Waals surface area contributed by atoms with Crippen molar-refractivity contribution in [2.24, 2.45) is 5.73 Å². The summed E-state index contributed by atoms with van der Waals surface area (Å²) < 4.78 is 38.3. The van der Waals surface area contributed by atoms with Crippen LogP contribution < -0.4 is 11.1 Å². The molecule has 1 amide bonds. The molecule has 0 heterocycles. The van der Waals surface area contributed by atoms with Crippen LogP contribution in [0.1, 0.15) is 19.8 Å². The van der Waals surface area contributed by atoms with E-state index in [0.717, 1.165) is 12.1 Å². The summed E-state index contributed by atoms with van der Waals surface area (Å²) in [5, 5.41) is 2.26. The van der Waals surface area contributed by atoms with Gasteiger partial charge in [0.15, 0.2) is 17.5 Å². The molecule has 3 nitrogen and oxygen atoms in total. The molecule has 1 aromatic rings. The number of amides is 1. The Morgan fingerprint density at radius 1 is 1.35 bits per heavy atom. The molecule has 0 aliphatic heterocycles. The molecule has 1 unspecified atom stereocenters. The Kier molecular flexibility index (Phi) is 4.51. The lowest BCUT2D eigenvalue weighted by Crippen LogP contribution is -2.19. The Bertz CT molecular complexity index is 398. The lowest BCUT2D eigenvalue weighted by Gasteiger charge is -2.07. The highest BCUT2D eigenvalue weighted by Crippen LogP contribution is 2.17. The van der Waals surface area contributed by atoms with Crippen LogP contribution in [-0.4, -0.2) is 11.9 Å². The fourth-order valence-corrected chi connectivity index (χ4v) is 1.21. The number of halogens is 3. The number of carbonyl (C=O) groups is 1. The Labute approximate surface area is 96.8 Å². The van der Waals surface area contributed by atoms with Crippen LogP contribution in [0, 0.1) is 17.5 Å². The van der Waals surface area contributed by atoms with Gasteiger partial charge < -0.3 is 11.1 Å². The summed E-state index contributed by atoms with van der Waals surface area (Å²) in [5.74, 6) is -4.66. The van der Waals surface area contributed by atoms with Crippen molar-refractivity contribution in [3.05, 3.63) is 29.6 Å². The topological polar surface area (TPSA) is 55.1 Å². The SMILES string of the molecule is CC(N)CCC(=O)Nc1cc(F)c(F)c(F)c1. The largest absolute Gasteiger partial charge is 0.328 e. The van der Waals surface area contributed by atoms with Crippen molar-refractivity contribution < 1.29 is 18.0 Å². The first-order valence-corrected chi connectivity index (χ1v) is 5.10. The number of anilines is 1. The second-order valence-corrected chi connectivity index (χ2v) is 3.82. The highest BCUT2D eigenvalue weighted by Gasteiger charge is 2.12. The van der Waals surface area contributed by atoms with E-state index in [1.54, 1.807) is 6.92 Å². The summed E-state index contributed by atoms with van der Waals surface area (Å²) in [6.45, 7) is 1.74. The van der Waals surface area contributed by atoms with E-state index in [1.165, 1.54) is 0 Å². The van der Waals surface area contributed by atoms with Crippen LogP contribution in [0.25, 0.3) is 0 Å². The fourth-order valence-electron chi connectivity index (χ4n) is 1.21. The van der Waals surface area contributed by atoms with Crippen molar-refractivity contribution in [2.75, 3.05) is 5.32 Å². The van der Waals surface area contributed by atoms with E-state index < -0.39 is 23.4 Å². The highest BCUT2D eigenvalue weighted by atomic mass is 19.2. The second-order valence-electron chi connectivity index (χ2n) is 3.82. The standard InChI is InChI=1S/C11H13F3N2O/c1-6(15)2-3-10(17)16-7-4-8(12)11(14)9(13)5-7/h4-6H,2-3,15H2,1H3,(H,16,17). The first-order chi connectivity index (χ1) is 7.90. The quantitative estimate of drug-likeness (QED) is 0.800. The molecule has 0 spiro atoms. The van der Waals surface area contributed by atoms with Crippen molar-refractivity contribution in [3.8, 4) is 0 Å². The van der Waals surface area contributed by atoms with E-state index in [2.05, 4.69) is 5.32 Å². The number of hydrogen-bond acceptors (Lipinski definition) is 2. The number of benzene rings is 1. The van der Waals surface area contributed by atoms with Crippen LogP contribution in [0.5, 0.6) is 0 Å². The van der Waals surface area contributed by atoms with E-state index in [-0.39, 0.29) is 18.2 Å². The third-order valence-corrected chi connectivity index (χ3v) is 2.09. The van der Waals surface area contributed by atoms with Gasteiger partial charge in [-0.15, -0.1) is 0 Å². The highest BCUT2D eigenvalue weighted by molar-refractivity contribution is 5.90. The molecule has 0 fully saturated rings. The zero-order valence-corrected chi connectivity index (χ0v) is 9.27. The number of hydrogen-bond donors (Lipinski definition) is 2. The molecule has 1 rings (SSSR count). The average Bonchev–Trinajstić information content (AvgIpc) is 2.23. The van der Waals surface area contributed by atoms with E-state index in [4.69, 9.17) is 5.73 Å². The minimum absolute atomic E-state index is 0.115. The van der Waals surface area contributed by atoms with Crippen LogP contribution >= 0.6 is 0 Å². The smallest absolute Gasteiger partial charge is 0.224 e. The molecular formula is C11H13F3N2O. The Balaban J connectivity index is 2.66. The van der Waals surface area contributed by atoms with Crippen molar-refractivity contribution in [2.45, 2.75) is 25.8 Å². The maximum absolute atomic E-state index is 12.8. The lowest BCUT2D eigenvalue weighted by molar-refractivity contribution is -0.116. The summed E-state index contributed by atoms with van der Waals surface area (Å²) >= 11 is 0. The van der Waals surface area contributed by atoms with Crippen LogP contribution in [-0.2, 0) is 4.79 Å². The first-order valence-electron chi connectivity index (χ1n) is 5.10. The van der Waals surface area contributed by atoms with Crippen LogP contribution in [0.3, 0.4) is 0 Å². The summed E-state index contributed by atoms with van der Waals surface area (Å²) in [6.07, 6.45) is 0.594. The van der Waals surface area contributed by atoms with Gasteiger partial charge >= 0.3 is 0 Å². The van der Waals surface area contributed by atoms with Crippen LogP contribution in [0.2, 0.25) is 0 Å². The van der Waals surface area contributed by atoms with Crippen molar-refractivity contribution >= 4 is 11.6 Å². The molecule has 6 heteroatoms. The first kappa shape index (κ1) is 13.5. The molecule has 3 N–H and O–H groups in total. The zero-order chi connectivity index (χ0) is 13.0. The molecule has 0 bridgehead atoms. The summed E-state index contributed by atoms with van der Waals surface area (Å²) in [5.41, 5.74) is 5.34. The van der Waals surface area contributed by atoms with Gasteiger partial charge in [-0.3, -0.25) is 4.79 Å². The molecule has 0 aliphatic rings. The molecule has 1 aromatic carbocycles. The van der Waals surface area contributed by atoms with E-state index in [1.807, 2.05) is 0 Å². The Morgan fingerprint density at radius 3 is 2.35 bits per heavy atom. The van der Waals surface area contributed by atoms with Gasteiger partial charge in [-0.2, -0.15) is 0 Å². The molecule has 94 valence electrons. The van der Waals surface area contributed by atoms with Crippen molar-refractivity contribution in [3.63, 3.8) is 0 Å². The van der Waals surface area contributed by atoms with Gasteiger partial charge in [-0.25, -0.2) is 13.2 Å². The molecule has 0 radical (unpaired) electrons. The van der Waals surface area contributed by atoms with Gasteiger partial charge in [0, 0.05) is 30.3 Å². The van der Waals surface area contributed by atoms with E-state index in [9.17, 15) is 18.0 Å². The number of rotatable bonds is 4. The maximum Gasteiger partial charge on any atom is 0.224 e. The monoisotopic (exact) mass is 246 g/mol. The van der Waals surface area contributed by atoms with Gasteiger partial charge in [0.2, 0.25) is 5.91 Å². The lowest BCUT2D eigenvalue weighted by atomic mass is 10.2. The predicted molar refractivity (Wildman–Crippen MR) is 57.8 cm³/mol. The van der Waals surface area contributed by atoms with Crippen LogP contribution in [0.4, 0.5) is 18.9 Å². The van der Waals surface area contributed by atoms with Crippen molar-refractivity contribution in [1.29, 1.82) is 0 Å². The van der Waals surface area contributed by atoms with Crippen LogP contribution in [0.15, 0.2) is 12.1 Å². The van der Waals surface area contributed by atoms with Crippen molar-refractivity contribution in [1.82, 2.24) is 0 Å². The minimum atomic E-state index is -1.56. The second kappa shape index (κ2) is 5.67. The zero-order valence-electron chi connectivity index (χ0n) is 9.27. The van der Waals surface area contributed by atoms with Gasteiger partial charge in [0.05, 0.1) is 0 Å². The molecule has 0 aromatic heterocycles. The molecule has 17 heavy (non-hydrogen) atoms. The Morgan fingerprint density at radius 2 is 1.88 bits per heavy atom. The maximum atomic E-state index is 12.8. The van der Waals surface area contributed by atoms with Gasteiger partial charge in [0.1, 0.15) is 0 Å². The number of nitrogens with two attached hydrogens (primary N) is 1. The summed E-state index contributed by atoms with van der Waals surface area (Å²) in [7, 11) is 0. The third kappa shape index (κ3) is 4.07. The fraction of sp³-hybridized carbons (Fsp3) is 0.364. The predicted octanol–water partition coefficient (Wildman–Crippen LogP) is 2.17. The van der Waals surface area contributed by atoms with E-state index >= 15 is 0 Å².